The second kappa shape index (κ2) is 5.98. The molecule has 0 aliphatic carbocycles. The highest BCUT2D eigenvalue weighted by Gasteiger charge is 2.15. The third kappa shape index (κ3) is 2.89. The van der Waals surface area contributed by atoms with Crippen LogP contribution in [0.1, 0.15) is 23.1 Å². The molecule has 0 radical (unpaired) electrons. The summed E-state index contributed by atoms with van der Waals surface area (Å²) in [5.74, 6) is 0. The van der Waals surface area contributed by atoms with Crippen LogP contribution in [0.2, 0.25) is 0 Å². The minimum Gasteiger partial charge on any atom is -0.398 e. The van der Waals surface area contributed by atoms with Gasteiger partial charge in [-0.1, -0.05) is 36.4 Å². The van der Waals surface area contributed by atoms with Crippen LogP contribution >= 0.6 is 15.9 Å². The smallest absolute Gasteiger partial charge is 0.0461 e. The van der Waals surface area contributed by atoms with E-state index in [1.165, 1.54) is 29.5 Å². The van der Waals surface area contributed by atoms with E-state index in [0.717, 1.165) is 29.8 Å². The maximum atomic E-state index is 5.97. The molecule has 2 aromatic carbocycles. The first-order chi connectivity index (χ1) is 9.74. The monoisotopic (exact) mass is 330 g/mol. The number of nitrogens with zero attached hydrogens (tertiary/aromatic N) is 1. The van der Waals surface area contributed by atoms with Crippen LogP contribution < -0.4 is 5.73 Å². The summed E-state index contributed by atoms with van der Waals surface area (Å²) < 4.78 is 1.04. The van der Waals surface area contributed by atoms with Crippen LogP contribution in [0.15, 0.2) is 46.9 Å². The molecular formula is C17H19BrN2. The zero-order valence-corrected chi connectivity index (χ0v) is 13.1. The molecule has 1 aliphatic heterocycles. The Morgan fingerprint density at radius 1 is 1.05 bits per heavy atom. The number of aryl methyl sites for hydroxylation is 1. The van der Waals surface area contributed by atoms with Gasteiger partial charge in [0.15, 0.2) is 0 Å². The lowest BCUT2D eigenvalue weighted by Gasteiger charge is -2.21. The minimum absolute atomic E-state index is 0.817. The molecule has 1 heterocycles. The molecule has 0 amide bonds. The van der Waals surface area contributed by atoms with Crippen LogP contribution in [0, 0.1) is 0 Å². The number of hydrogen-bond donors (Lipinski definition) is 1. The van der Waals surface area contributed by atoms with E-state index in [1.807, 2.05) is 12.1 Å². The predicted octanol–water partition coefficient (Wildman–Crippen LogP) is 3.98. The van der Waals surface area contributed by atoms with Gasteiger partial charge in [0, 0.05) is 23.2 Å². The summed E-state index contributed by atoms with van der Waals surface area (Å²) in [4.78, 5) is 2.51. The first-order valence-corrected chi connectivity index (χ1v) is 7.85. The van der Waals surface area contributed by atoms with Crippen LogP contribution in [0.25, 0.3) is 0 Å². The van der Waals surface area contributed by atoms with Crippen molar-refractivity contribution in [3.8, 4) is 0 Å². The van der Waals surface area contributed by atoms with Crippen molar-refractivity contribution in [1.82, 2.24) is 4.90 Å². The fourth-order valence-corrected chi connectivity index (χ4v) is 3.26. The zero-order valence-electron chi connectivity index (χ0n) is 11.5. The van der Waals surface area contributed by atoms with Gasteiger partial charge in [-0.05, 0) is 58.1 Å². The number of nitrogens with two attached hydrogens (primary N) is 1. The molecule has 2 aromatic rings. The molecule has 2 nitrogen and oxygen atoms in total. The fourth-order valence-electron chi connectivity index (χ4n) is 2.87. The van der Waals surface area contributed by atoms with Crippen LogP contribution in [0.4, 0.5) is 5.69 Å². The summed E-state index contributed by atoms with van der Waals surface area (Å²) in [6.07, 6.45) is 2.40. The summed E-state index contributed by atoms with van der Waals surface area (Å²) in [6.45, 7) is 3.10. The molecule has 0 saturated heterocycles. The number of benzene rings is 2. The van der Waals surface area contributed by atoms with Crippen molar-refractivity contribution < 1.29 is 0 Å². The molecule has 0 saturated carbocycles. The molecule has 3 heteroatoms. The quantitative estimate of drug-likeness (QED) is 0.844. The van der Waals surface area contributed by atoms with E-state index in [9.17, 15) is 0 Å². The van der Waals surface area contributed by atoms with Gasteiger partial charge in [0.05, 0.1) is 0 Å². The van der Waals surface area contributed by atoms with Crippen molar-refractivity contribution in [2.45, 2.75) is 25.9 Å². The first-order valence-electron chi connectivity index (χ1n) is 7.06. The summed E-state index contributed by atoms with van der Waals surface area (Å²) in [5.41, 5.74) is 11.0. The van der Waals surface area contributed by atoms with Crippen molar-refractivity contribution in [2.24, 2.45) is 0 Å². The molecule has 3 rings (SSSR count). The lowest BCUT2D eigenvalue weighted by molar-refractivity contribution is 0.260. The van der Waals surface area contributed by atoms with E-state index in [1.54, 1.807) is 0 Å². The number of nitrogen functional groups attached to an aromatic ring is 1. The lowest BCUT2D eigenvalue weighted by Crippen LogP contribution is -2.23. The minimum atomic E-state index is 0.817. The number of anilines is 1. The Morgan fingerprint density at radius 2 is 1.85 bits per heavy atom. The average Bonchev–Trinajstić information content (AvgIpc) is 2.65. The molecule has 0 aromatic heterocycles. The van der Waals surface area contributed by atoms with Crippen LogP contribution in [0.3, 0.4) is 0 Å². The topological polar surface area (TPSA) is 29.3 Å². The SMILES string of the molecule is Nc1cccc(CN2CCCc3ccccc3C2)c1Br. The highest BCUT2D eigenvalue weighted by atomic mass is 79.9. The van der Waals surface area contributed by atoms with Gasteiger partial charge in [0.2, 0.25) is 0 Å². The van der Waals surface area contributed by atoms with Crippen LogP contribution in [-0.4, -0.2) is 11.4 Å². The fraction of sp³-hybridized carbons (Fsp3) is 0.294. The molecule has 0 unspecified atom stereocenters. The van der Waals surface area contributed by atoms with E-state index in [2.05, 4.69) is 51.2 Å². The molecular weight excluding hydrogens is 312 g/mol. The second-order valence-electron chi connectivity index (χ2n) is 5.40. The predicted molar refractivity (Wildman–Crippen MR) is 87.4 cm³/mol. The van der Waals surface area contributed by atoms with E-state index >= 15 is 0 Å². The largest absolute Gasteiger partial charge is 0.398 e. The number of rotatable bonds is 2. The highest BCUT2D eigenvalue weighted by molar-refractivity contribution is 9.10. The first kappa shape index (κ1) is 13.7. The van der Waals surface area contributed by atoms with E-state index in [0.29, 0.717) is 0 Å². The van der Waals surface area contributed by atoms with Gasteiger partial charge in [-0.2, -0.15) is 0 Å². The summed E-state index contributed by atoms with van der Waals surface area (Å²) in [5, 5.41) is 0. The van der Waals surface area contributed by atoms with Crippen LogP contribution in [-0.2, 0) is 19.5 Å². The Hall–Kier alpha value is -1.32. The van der Waals surface area contributed by atoms with Gasteiger partial charge in [-0.15, -0.1) is 0 Å². The van der Waals surface area contributed by atoms with Crippen molar-refractivity contribution >= 4 is 21.6 Å². The van der Waals surface area contributed by atoms with Gasteiger partial charge in [0.25, 0.3) is 0 Å². The van der Waals surface area contributed by atoms with E-state index in [4.69, 9.17) is 5.73 Å². The molecule has 1 aliphatic rings. The Morgan fingerprint density at radius 3 is 2.70 bits per heavy atom. The summed E-state index contributed by atoms with van der Waals surface area (Å²) in [6, 6.07) is 14.9. The van der Waals surface area contributed by atoms with Gasteiger partial charge in [-0.3, -0.25) is 4.90 Å². The maximum Gasteiger partial charge on any atom is 0.0461 e. The Bertz CT molecular complexity index is 610. The van der Waals surface area contributed by atoms with Gasteiger partial charge < -0.3 is 5.73 Å². The Balaban J connectivity index is 1.80. The van der Waals surface area contributed by atoms with Gasteiger partial charge in [-0.25, -0.2) is 0 Å². The highest BCUT2D eigenvalue weighted by Crippen LogP contribution is 2.26. The standard InChI is InChI=1S/C17H19BrN2/c18-17-15(7-3-9-16(17)19)12-20-10-4-8-13-5-1-2-6-14(13)11-20/h1-3,5-7,9H,4,8,10-12,19H2. The molecule has 2 N–H and O–H groups in total. The van der Waals surface area contributed by atoms with Crippen molar-refractivity contribution in [3.63, 3.8) is 0 Å². The Labute approximate surface area is 128 Å². The lowest BCUT2D eigenvalue weighted by atomic mass is 10.0. The molecule has 0 atom stereocenters. The number of fused-ring (bicyclic) bond motifs is 1. The second-order valence-corrected chi connectivity index (χ2v) is 6.20. The number of hydrogen-bond acceptors (Lipinski definition) is 2. The van der Waals surface area contributed by atoms with Gasteiger partial charge >= 0.3 is 0 Å². The number of halogens is 1. The maximum absolute atomic E-state index is 5.97. The van der Waals surface area contributed by atoms with Crippen molar-refractivity contribution in [2.75, 3.05) is 12.3 Å². The molecule has 0 spiro atoms. The average molecular weight is 331 g/mol. The Kier molecular flexibility index (Phi) is 4.08. The third-order valence-corrected chi connectivity index (χ3v) is 4.90. The van der Waals surface area contributed by atoms with Crippen molar-refractivity contribution in [1.29, 1.82) is 0 Å². The molecule has 20 heavy (non-hydrogen) atoms. The van der Waals surface area contributed by atoms with E-state index in [-0.39, 0.29) is 0 Å². The van der Waals surface area contributed by atoms with Gasteiger partial charge in [0.1, 0.15) is 0 Å². The molecule has 104 valence electrons. The van der Waals surface area contributed by atoms with E-state index < -0.39 is 0 Å². The zero-order chi connectivity index (χ0) is 13.9. The molecule has 0 bridgehead atoms. The summed E-state index contributed by atoms with van der Waals surface area (Å²) in [7, 11) is 0. The third-order valence-electron chi connectivity index (χ3n) is 3.94. The normalized spacial score (nSPS) is 15.7. The van der Waals surface area contributed by atoms with Crippen molar-refractivity contribution in [3.05, 3.63) is 63.6 Å². The molecule has 0 fully saturated rings. The van der Waals surface area contributed by atoms with Crippen LogP contribution in [0.5, 0.6) is 0 Å². The summed E-state index contributed by atoms with van der Waals surface area (Å²) >= 11 is 3.61.